The van der Waals surface area contributed by atoms with E-state index in [-0.39, 0.29) is 29.9 Å². The molecule has 1 aliphatic rings. The van der Waals surface area contributed by atoms with Gasteiger partial charge in [-0.15, -0.1) is 0 Å². The molecule has 0 amide bonds. The van der Waals surface area contributed by atoms with Gasteiger partial charge >= 0.3 is 13.7 Å². The van der Waals surface area contributed by atoms with E-state index in [1.165, 1.54) is 19.6 Å². The van der Waals surface area contributed by atoms with E-state index in [0.29, 0.717) is 23.1 Å². The number of benzene rings is 1. The second-order valence-corrected chi connectivity index (χ2v) is 10.5. The number of rotatable bonds is 10. The SMILES string of the molecule is CC(C)OC(=O)[C@H](C)NP(=O)(OC[C@H]1/C(=C/O)[C@@H](n2cnc3c(N)ncnc32)/C1=C\F)Oc1ccccc1. The van der Waals surface area contributed by atoms with E-state index in [2.05, 4.69) is 20.0 Å². The van der Waals surface area contributed by atoms with Crippen LogP contribution in [0.1, 0.15) is 26.8 Å². The monoisotopic (exact) mass is 546 g/mol. The zero-order chi connectivity index (χ0) is 27.4. The maximum absolute atomic E-state index is 14.1. The second-order valence-electron chi connectivity index (χ2n) is 8.81. The van der Waals surface area contributed by atoms with Crippen LogP contribution in [0.15, 0.2) is 66.7 Å². The molecule has 4 rings (SSSR count). The third kappa shape index (κ3) is 5.54. The third-order valence-corrected chi connectivity index (χ3v) is 7.46. The van der Waals surface area contributed by atoms with Gasteiger partial charge in [0.25, 0.3) is 0 Å². The fourth-order valence-corrected chi connectivity index (χ4v) is 5.55. The van der Waals surface area contributed by atoms with Crippen molar-refractivity contribution < 1.29 is 32.6 Å². The maximum atomic E-state index is 14.1. The lowest BCUT2D eigenvalue weighted by Crippen LogP contribution is -2.39. The molecule has 12 nitrogen and oxygen atoms in total. The fourth-order valence-electron chi connectivity index (χ4n) is 4.05. The molecule has 14 heteroatoms. The van der Waals surface area contributed by atoms with E-state index in [1.54, 1.807) is 48.7 Å². The number of aromatic nitrogens is 4. The number of carbonyl (C=O) groups is 1. The zero-order valence-corrected chi connectivity index (χ0v) is 21.8. The number of carbonyl (C=O) groups excluding carboxylic acids is 1. The number of ether oxygens (including phenoxy) is 1. The van der Waals surface area contributed by atoms with Gasteiger partial charge in [0.1, 0.15) is 23.6 Å². The number of anilines is 1. The Morgan fingerprint density at radius 2 is 1.97 bits per heavy atom. The molecular weight excluding hydrogens is 518 g/mol. The summed E-state index contributed by atoms with van der Waals surface area (Å²) < 4.78 is 45.9. The molecule has 1 saturated carbocycles. The van der Waals surface area contributed by atoms with Gasteiger partial charge in [-0.05, 0) is 38.5 Å². The number of hydrogen-bond acceptors (Lipinski definition) is 10. The number of nitrogens with one attached hydrogen (secondary N) is 1. The molecule has 1 aromatic carbocycles. The van der Waals surface area contributed by atoms with E-state index in [0.717, 1.165) is 6.26 Å². The summed E-state index contributed by atoms with van der Waals surface area (Å²) >= 11 is 0. The van der Waals surface area contributed by atoms with Gasteiger partial charge in [0.2, 0.25) is 0 Å². The highest BCUT2D eigenvalue weighted by molar-refractivity contribution is 7.52. The van der Waals surface area contributed by atoms with Gasteiger partial charge in [0, 0.05) is 11.5 Å². The number of para-hydroxylation sites is 1. The van der Waals surface area contributed by atoms with Gasteiger partial charge in [-0.25, -0.2) is 23.9 Å². The average molecular weight is 546 g/mol. The Labute approximate surface area is 217 Å². The molecule has 0 bridgehead atoms. The highest BCUT2D eigenvalue weighted by Crippen LogP contribution is 2.53. The van der Waals surface area contributed by atoms with Crippen molar-refractivity contribution in [2.45, 2.75) is 39.0 Å². The first kappa shape index (κ1) is 27.2. The number of aliphatic hydroxyl groups is 1. The van der Waals surface area contributed by atoms with E-state index < -0.39 is 31.7 Å². The van der Waals surface area contributed by atoms with Crippen molar-refractivity contribution in [3.8, 4) is 5.75 Å². The Kier molecular flexibility index (Phi) is 8.10. The summed E-state index contributed by atoms with van der Waals surface area (Å²) in [7, 11) is -4.19. The first-order valence-electron chi connectivity index (χ1n) is 11.7. The summed E-state index contributed by atoms with van der Waals surface area (Å²) in [6, 6.07) is 6.42. The van der Waals surface area contributed by atoms with Crippen molar-refractivity contribution >= 4 is 30.7 Å². The van der Waals surface area contributed by atoms with Crippen LogP contribution in [0.4, 0.5) is 10.2 Å². The van der Waals surface area contributed by atoms with Gasteiger partial charge in [0.05, 0.1) is 37.7 Å². The lowest BCUT2D eigenvalue weighted by atomic mass is 9.71. The predicted octanol–water partition coefficient (Wildman–Crippen LogP) is 4.01. The molecule has 4 atom stereocenters. The molecule has 38 heavy (non-hydrogen) atoms. The Bertz CT molecular complexity index is 1390. The molecule has 2 heterocycles. The maximum Gasteiger partial charge on any atom is 0.459 e. The number of halogens is 1. The third-order valence-electron chi connectivity index (χ3n) is 5.81. The van der Waals surface area contributed by atoms with Crippen molar-refractivity contribution in [1.82, 2.24) is 24.6 Å². The average Bonchev–Trinajstić information content (AvgIpc) is 3.28. The summed E-state index contributed by atoms with van der Waals surface area (Å²) in [5.41, 5.74) is 7.09. The van der Waals surface area contributed by atoms with Crippen LogP contribution >= 0.6 is 7.75 Å². The first-order valence-corrected chi connectivity index (χ1v) is 13.3. The van der Waals surface area contributed by atoms with Gasteiger partial charge in [0.15, 0.2) is 11.5 Å². The zero-order valence-electron chi connectivity index (χ0n) is 20.9. The minimum Gasteiger partial charge on any atom is -0.516 e. The molecule has 0 radical (unpaired) electrons. The molecule has 0 saturated heterocycles. The summed E-state index contributed by atoms with van der Waals surface area (Å²) in [4.78, 5) is 24.6. The van der Waals surface area contributed by atoms with Crippen molar-refractivity contribution in [3.63, 3.8) is 0 Å². The molecule has 0 aliphatic heterocycles. The van der Waals surface area contributed by atoms with Gasteiger partial charge < -0.3 is 24.7 Å². The van der Waals surface area contributed by atoms with E-state index in [4.69, 9.17) is 19.5 Å². The number of fused-ring (bicyclic) bond motifs is 1. The van der Waals surface area contributed by atoms with Crippen LogP contribution < -0.4 is 15.3 Å². The number of aliphatic hydroxyl groups excluding tert-OH is 1. The highest BCUT2D eigenvalue weighted by Gasteiger charge is 2.45. The standard InChI is InChI=1S/C24H28FN6O6P/c1-14(2)36-24(33)15(3)30-38(34,37-16-7-5-4-6-8-16)35-11-19-17(9-25)21(18(19)10-32)31-13-29-20-22(26)27-12-28-23(20)31/h4-10,12-15,19,21,32H,11H2,1-3H3,(H,30,34)(H2,26,27,28)/b17-9-,18-10-/t15-,19+,21-,38?/m0/s1. The lowest BCUT2D eigenvalue weighted by Gasteiger charge is -2.41. The largest absolute Gasteiger partial charge is 0.516 e. The number of nitrogen functional groups attached to an aromatic ring is 1. The molecule has 202 valence electrons. The molecule has 1 unspecified atom stereocenters. The van der Waals surface area contributed by atoms with Crippen molar-refractivity contribution in [2.75, 3.05) is 12.3 Å². The van der Waals surface area contributed by atoms with Crippen LogP contribution in [0, 0.1) is 5.92 Å². The highest BCUT2D eigenvalue weighted by atomic mass is 31.2. The molecule has 1 aliphatic carbocycles. The van der Waals surface area contributed by atoms with Crippen LogP contribution in [0.5, 0.6) is 5.75 Å². The molecular formula is C24H28FN6O6P. The normalized spacial score (nSPS) is 21.8. The number of hydrogen-bond donors (Lipinski definition) is 3. The number of imidazole rings is 1. The first-order chi connectivity index (χ1) is 18.2. The van der Waals surface area contributed by atoms with Crippen LogP contribution in [-0.2, 0) is 18.6 Å². The second kappa shape index (κ2) is 11.3. The minimum atomic E-state index is -4.19. The van der Waals surface area contributed by atoms with Crippen molar-refractivity contribution in [1.29, 1.82) is 0 Å². The molecule has 0 spiro atoms. The minimum absolute atomic E-state index is 0.156. The Hall–Kier alpha value is -3.80. The quantitative estimate of drug-likeness (QED) is 0.191. The van der Waals surface area contributed by atoms with E-state index in [1.807, 2.05) is 0 Å². The fraction of sp³-hybridized carbons (Fsp3) is 0.333. The molecule has 2 aromatic heterocycles. The summed E-state index contributed by atoms with van der Waals surface area (Å²) in [5.74, 6) is -1.07. The molecule has 1 fully saturated rings. The molecule has 4 N–H and O–H groups in total. The molecule has 3 aromatic rings. The van der Waals surface area contributed by atoms with Crippen LogP contribution in [-0.4, -0.2) is 49.3 Å². The number of esters is 1. The lowest BCUT2D eigenvalue weighted by molar-refractivity contribution is -0.149. The predicted molar refractivity (Wildman–Crippen MR) is 137 cm³/mol. The summed E-state index contributed by atoms with van der Waals surface area (Å²) in [6.45, 7) is 4.49. The number of nitrogens with two attached hydrogens (primary N) is 1. The van der Waals surface area contributed by atoms with E-state index >= 15 is 0 Å². The smallest absolute Gasteiger partial charge is 0.459 e. The summed E-state index contributed by atoms with van der Waals surface area (Å²) in [6.07, 6.45) is 3.51. The Morgan fingerprint density at radius 3 is 2.63 bits per heavy atom. The van der Waals surface area contributed by atoms with Crippen molar-refractivity contribution in [2.24, 2.45) is 5.92 Å². The van der Waals surface area contributed by atoms with Gasteiger partial charge in [-0.2, -0.15) is 5.09 Å². The van der Waals surface area contributed by atoms with Crippen LogP contribution in [0.25, 0.3) is 11.2 Å². The topological polar surface area (TPSA) is 164 Å². The van der Waals surface area contributed by atoms with Crippen LogP contribution in [0.3, 0.4) is 0 Å². The number of nitrogens with zero attached hydrogens (tertiary/aromatic N) is 4. The Morgan fingerprint density at radius 1 is 1.24 bits per heavy atom. The summed E-state index contributed by atoms with van der Waals surface area (Å²) in [5, 5.41) is 12.6. The Balaban J connectivity index is 1.56. The van der Waals surface area contributed by atoms with E-state index in [9.17, 15) is 18.9 Å². The van der Waals surface area contributed by atoms with Crippen molar-refractivity contribution in [3.05, 3.63) is 66.7 Å². The van der Waals surface area contributed by atoms with Gasteiger partial charge in [-0.3, -0.25) is 9.32 Å². The van der Waals surface area contributed by atoms with Crippen LogP contribution in [0.2, 0.25) is 0 Å². The van der Waals surface area contributed by atoms with Gasteiger partial charge in [-0.1, -0.05) is 18.2 Å².